The van der Waals surface area contributed by atoms with Crippen LogP contribution in [0.4, 0.5) is 0 Å². The van der Waals surface area contributed by atoms with Gasteiger partial charge < -0.3 is 0 Å². The van der Waals surface area contributed by atoms with Gasteiger partial charge in [-0.05, 0) is 41.7 Å². The average Bonchev–Trinajstić information content (AvgIpc) is 2.10. The quantitative estimate of drug-likeness (QED) is 0.631. The molecule has 1 aromatic carbocycles. The lowest BCUT2D eigenvalue weighted by molar-refractivity contribution is 0.493. The Balaban J connectivity index is 2.67. The smallest absolute Gasteiger partial charge is 0.0454 e. The van der Waals surface area contributed by atoms with Crippen LogP contribution in [0.2, 0.25) is 5.02 Å². The first-order valence-electron chi connectivity index (χ1n) is 4.95. The normalized spacial score (nSPS) is 19.1. The first-order chi connectivity index (χ1) is 6.52. The molecule has 2 rings (SSSR count). The van der Waals surface area contributed by atoms with Crippen molar-refractivity contribution >= 4 is 23.4 Å². The zero-order valence-corrected chi connectivity index (χ0v) is 10.4. The third-order valence-corrected chi connectivity index (χ3v) is 4.49. The Morgan fingerprint density at radius 2 is 2.07 bits per heavy atom. The van der Waals surface area contributed by atoms with Crippen LogP contribution in [0, 0.1) is 6.92 Å². The second kappa shape index (κ2) is 3.46. The second-order valence-corrected chi connectivity index (χ2v) is 6.06. The van der Waals surface area contributed by atoms with Crippen molar-refractivity contribution in [3.63, 3.8) is 0 Å². The van der Waals surface area contributed by atoms with E-state index in [0.29, 0.717) is 0 Å². The minimum Gasteiger partial charge on any atom is -0.125 e. The predicted octanol–water partition coefficient (Wildman–Crippen LogP) is 4.42. The second-order valence-electron chi connectivity index (χ2n) is 4.55. The maximum atomic E-state index is 6.29. The molecule has 0 saturated heterocycles. The van der Waals surface area contributed by atoms with Gasteiger partial charge in [-0.2, -0.15) is 0 Å². The van der Waals surface area contributed by atoms with E-state index in [1.54, 1.807) is 0 Å². The number of rotatable bonds is 0. The Bertz CT molecular complexity index is 369. The van der Waals surface area contributed by atoms with Gasteiger partial charge in [0.05, 0.1) is 0 Å². The zero-order valence-electron chi connectivity index (χ0n) is 8.86. The van der Waals surface area contributed by atoms with E-state index in [-0.39, 0.29) is 5.41 Å². The van der Waals surface area contributed by atoms with Crippen LogP contribution in [0.3, 0.4) is 0 Å². The largest absolute Gasteiger partial charge is 0.125 e. The van der Waals surface area contributed by atoms with Gasteiger partial charge in [-0.25, -0.2) is 0 Å². The van der Waals surface area contributed by atoms with Crippen molar-refractivity contribution in [2.75, 3.05) is 5.75 Å². The van der Waals surface area contributed by atoms with Crippen molar-refractivity contribution < 1.29 is 0 Å². The van der Waals surface area contributed by atoms with Crippen LogP contribution in [0.1, 0.15) is 31.4 Å². The molecule has 0 atom stereocenters. The van der Waals surface area contributed by atoms with Gasteiger partial charge in [0.25, 0.3) is 0 Å². The number of hydrogen-bond acceptors (Lipinski definition) is 1. The highest BCUT2D eigenvalue weighted by atomic mass is 35.5. The van der Waals surface area contributed by atoms with Crippen LogP contribution in [0.15, 0.2) is 17.0 Å². The number of hydrogen-bond donors (Lipinski definition) is 0. The summed E-state index contributed by atoms with van der Waals surface area (Å²) in [6, 6.07) is 4.15. The number of thioether (sulfide) groups is 1. The average molecular weight is 227 g/mol. The molecule has 0 aliphatic carbocycles. The fourth-order valence-electron chi connectivity index (χ4n) is 2.01. The topological polar surface area (TPSA) is 0 Å². The molecule has 0 saturated carbocycles. The molecule has 0 N–H and O–H groups in total. The van der Waals surface area contributed by atoms with Crippen LogP contribution in [-0.2, 0) is 5.41 Å². The van der Waals surface area contributed by atoms with Crippen molar-refractivity contribution in [3.8, 4) is 0 Å². The van der Waals surface area contributed by atoms with Crippen LogP contribution >= 0.6 is 23.4 Å². The summed E-state index contributed by atoms with van der Waals surface area (Å²) in [7, 11) is 0. The van der Waals surface area contributed by atoms with Gasteiger partial charge in [0, 0.05) is 9.92 Å². The monoisotopic (exact) mass is 226 g/mol. The molecule has 0 amide bonds. The van der Waals surface area contributed by atoms with Crippen molar-refractivity contribution in [2.45, 2.75) is 37.5 Å². The third kappa shape index (κ3) is 1.57. The minimum atomic E-state index is 0.240. The summed E-state index contributed by atoms with van der Waals surface area (Å²) in [6.07, 6.45) is 1.22. The van der Waals surface area contributed by atoms with Crippen molar-refractivity contribution in [2.24, 2.45) is 0 Å². The van der Waals surface area contributed by atoms with Gasteiger partial charge >= 0.3 is 0 Å². The zero-order chi connectivity index (χ0) is 10.3. The molecule has 1 aliphatic heterocycles. The van der Waals surface area contributed by atoms with Gasteiger partial charge in [0.1, 0.15) is 0 Å². The van der Waals surface area contributed by atoms with E-state index in [2.05, 4.69) is 26.8 Å². The van der Waals surface area contributed by atoms with E-state index in [0.717, 1.165) is 5.02 Å². The van der Waals surface area contributed by atoms with Gasteiger partial charge in [-0.3, -0.25) is 0 Å². The summed E-state index contributed by atoms with van der Waals surface area (Å²) < 4.78 is 0. The lowest BCUT2D eigenvalue weighted by Crippen LogP contribution is -2.23. The van der Waals surface area contributed by atoms with E-state index in [1.807, 2.05) is 17.8 Å². The van der Waals surface area contributed by atoms with Gasteiger partial charge in [0.15, 0.2) is 0 Å². The van der Waals surface area contributed by atoms with Crippen molar-refractivity contribution in [1.82, 2.24) is 0 Å². The highest BCUT2D eigenvalue weighted by molar-refractivity contribution is 7.99. The van der Waals surface area contributed by atoms with E-state index in [1.165, 1.54) is 28.2 Å². The highest BCUT2D eigenvalue weighted by Gasteiger charge is 2.30. The first-order valence-corrected chi connectivity index (χ1v) is 6.31. The van der Waals surface area contributed by atoms with Crippen molar-refractivity contribution in [3.05, 3.63) is 28.3 Å². The molecule has 0 nitrogen and oxygen atoms in total. The molecule has 0 fully saturated rings. The van der Waals surface area contributed by atoms with E-state index in [4.69, 9.17) is 11.6 Å². The molecule has 0 radical (unpaired) electrons. The number of halogens is 1. The van der Waals surface area contributed by atoms with Crippen LogP contribution < -0.4 is 0 Å². The Morgan fingerprint density at radius 1 is 1.36 bits per heavy atom. The van der Waals surface area contributed by atoms with Crippen LogP contribution in [0.5, 0.6) is 0 Å². The van der Waals surface area contributed by atoms with Gasteiger partial charge in [0.2, 0.25) is 0 Å². The number of fused-ring (bicyclic) bond motifs is 1. The predicted molar refractivity (Wildman–Crippen MR) is 64.6 cm³/mol. The molecule has 0 unspecified atom stereocenters. The Labute approximate surface area is 95.0 Å². The van der Waals surface area contributed by atoms with E-state index < -0.39 is 0 Å². The molecule has 0 spiro atoms. The Hall–Kier alpha value is -0.140. The fourth-order valence-corrected chi connectivity index (χ4v) is 4.12. The SMILES string of the molecule is Cc1ccc(Cl)c2c1SCCC2(C)C. The summed E-state index contributed by atoms with van der Waals surface area (Å²) >= 11 is 8.23. The summed E-state index contributed by atoms with van der Waals surface area (Å²) in [6.45, 7) is 6.75. The molecule has 1 heterocycles. The minimum absolute atomic E-state index is 0.240. The molecule has 0 bridgehead atoms. The van der Waals surface area contributed by atoms with Crippen LogP contribution in [-0.4, -0.2) is 5.75 Å². The Morgan fingerprint density at radius 3 is 2.71 bits per heavy atom. The summed E-state index contributed by atoms with van der Waals surface area (Å²) in [5.41, 5.74) is 2.96. The summed E-state index contributed by atoms with van der Waals surface area (Å²) in [5, 5.41) is 0.933. The molecule has 1 aliphatic rings. The van der Waals surface area contributed by atoms with E-state index >= 15 is 0 Å². The number of benzene rings is 1. The molecule has 14 heavy (non-hydrogen) atoms. The molecule has 1 aromatic rings. The maximum absolute atomic E-state index is 6.29. The maximum Gasteiger partial charge on any atom is 0.0454 e. The Kier molecular flexibility index (Phi) is 2.57. The van der Waals surface area contributed by atoms with Gasteiger partial charge in [-0.15, -0.1) is 11.8 Å². The lowest BCUT2D eigenvalue weighted by Gasteiger charge is -2.33. The first kappa shape index (κ1) is 10.4. The van der Waals surface area contributed by atoms with Gasteiger partial charge in [-0.1, -0.05) is 31.5 Å². The number of aryl methyl sites for hydroxylation is 1. The van der Waals surface area contributed by atoms with Crippen LogP contribution in [0.25, 0.3) is 0 Å². The molecule has 76 valence electrons. The lowest BCUT2D eigenvalue weighted by atomic mass is 9.81. The summed E-state index contributed by atoms with van der Waals surface area (Å²) in [4.78, 5) is 1.41. The molecule has 0 aromatic heterocycles. The highest BCUT2D eigenvalue weighted by Crippen LogP contribution is 2.46. The molecular weight excluding hydrogens is 212 g/mol. The van der Waals surface area contributed by atoms with E-state index in [9.17, 15) is 0 Å². The third-order valence-electron chi connectivity index (χ3n) is 2.95. The summed E-state index contributed by atoms with van der Waals surface area (Å²) in [5.74, 6) is 1.21. The molecule has 2 heteroatoms. The molecular formula is C12H15ClS. The fraction of sp³-hybridized carbons (Fsp3) is 0.500. The standard InChI is InChI=1S/C12H15ClS/c1-8-4-5-9(13)10-11(8)14-7-6-12(10,2)3/h4-5H,6-7H2,1-3H3. The van der Waals surface area contributed by atoms with Crippen molar-refractivity contribution in [1.29, 1.82) is 0 Å².